The summed E-state index contributed by atoms with van der Waals surface area (Å²) in [4.78, 5) is 42.1. The molecule has 3 unspecified atom stereocenters. The Kier molecular flexibility index (Phi) is 9.93. The van der Waals surface area contributed by atoms with Crippen LogP contribution in [0.5, 0.6) is 5.75 Å². The highest BCUT2D eigenvalue weighted by Crippen LogP contribution is 2.28. The Hall–Kier alpha value is -4.33. The van der Waals surface area contributed by atoms with E-state index in [1.165, 1.54) is 23.1 Å². The van der Waals surface area contributed by atoms with Crippen LogP contribution in [0.2, 0.25) is 0 Å². The number of amides is 3. The summed E-state index contributed by atoms with van der Waals surface area (Å²) in [6, 6.07) is 17.5. The lowest BCUT2D eigenvalue weighted by Gasteiger charge is -2.35. The summed E-state index contributed by atoms with van der Waals surface area (Å²) in [5, 5.41) is 17.6. The lowest BCUT2D eigenvalue weighted by atomic mass is 9.95. The molecular weight excluding hydrogens is 506 g/mol. The van der Waals surface area contributed by atoms with Gasteiger partial charge in [0.15, 0.2) is 0 Å². The molecule has 0 aliphatic carbocycles. The van der Waals surface area contributed by atoms with Gasteiger partial charge in [-0.25, -0.2) is 4.79 Å². The van der Waals surface area contributed by atoms with Crippen LogP contribution in [0.3, 0.4) is 0 Å². The Balaban J connectivity index is 2.01. The van der Waals surface area contributed by atoms with Crippen molar-refractivity contribution >= 4 is 34.4 Å². The van der Waals surface area contributed by atoms with Gasteiger partial charge in [0.05, 0.1) is 0 Å². The molecule has 3 aromatic carbocycles. The number of rotatable bonds is 10. The van der Waals surface area contributed by atoms with Gasteiger partial charge in [-0.05, 0) is 67.3 Å². The molecule has 212 valence electrons. The number of phenolic OH excluding ortho intramolecular Hbond substituents is 1. The zero-order valence-corrected chi connectivity index (χ0v) is 23.8. The molecule has 0 heterocycles. The van der Waals surface area contributed by atoms with E-state index in [4.69, 9.17) is 4.74 Å². The molecule has 40 heavy (non-hydrogen) atoms. The fraction of sp³-hybridized carbons (Fsp3) is 0.344. The van der Waals surface area contributed by atoms with E-state index in [0.29, 0.717) is 17.7 Å². The number of carbonyl (C=O) groups excluding carboxylic acids is 3. The lowest BCUT2D eigenvalue weighted by Crippen LogP contribution is -2.54. The monoisotopic (exact) mass is 545 g/mol. The number of alkyl carbamates (subject to hydrolysis) is 1. The van der Waals surface area contributed by atoms with E-state index in [-0.39, 0.29) is 18.2 Å². The van der Waals surface area contributed by atoms with E-state index in [0.717, 1.165) is 10.8 Å². The first-order valence-corrected chi connectivity index (χ1v) is 13.4. The van der Waals surface area contributed by atoms with Crippen LogP contribution < -0.4 is 10.6 Å². The van der Waals surface area contributed by atoms with Crippen LogP contribution in [0.4, 0.5) is 10.5 Å². The van der Waals surface area contributed by atoms with Crippen LogP contribution in [0.25, 0.3) is 10.8 Å². The van der Waals surface area contributed by atoms with Crippen LogP contribution in [-0.2, 0) is 14.3 Å². The molecule has 0 bridgehead atoms. The minimum absolute atomic E-state index is 0.0307. The molecule has 0 aromatic heterocycles. The number of hydrogen-bond donors (Lipinski definition) is 3. The largest absolute Gasteiger partial charge is 0.508 e. The molecule has 3 amide bonds. The third-order valence-corrected chi connectivity index (χ3v) is 6.55. The summed E-state index contributed by atoms with van der Waals surface area (Å²) >= 11 is 0. The van der Waals surface area contributed by atoms with Crippen molar-refractivity contribution in [3.8, 4) is 5.75 Å². The average Bonchev–Trinajstić information content (AvgIpc) is 2.90. The maximum absolute atomic E-state index is 14.1. The number of hydrogen-bond acceptors (Lipinski definition) is 5. The van der Waals surface area contributed by atoms with E-state index in [1.54, 1.807) is 39.0 Å². The van der Waals surface area contributed by atoms with Gasteiger partial charge in [0.1, 0.15) is 23.4 Å². The van der Waals surface area contributed by atoms with Crippen molar-refractivity contribution in [3.63, 3.8) is 0 Å². The predicted octanol–water partition coefficient (Wildman–Crippen LogP) is 6.18. The SMILES string of the molecule is C=CCN(C(=O)C(NC(=O)OC(C)(C)C)C(C)CC)C(C(=O)Nc1ccc2ccccc2c1)c1ccc(O)cc1. The molecule has 0 saturated carbocycles. The second-order valence-corrected chi connectivity index (χ2v) is 10.8. The lowest BCUT2D eigenvalue weighted by molar-refractivity contribution is -0.141. The molecule has 3 rings (SSSR count). The molecule has 0 saturated heterocycles. The fourth-order valence-corrected chi connectivity index (χ4v) is 4.37. The van der Waals surface area contributed by atoms with E-state index in [9.17, 15) is 19.5 Å². The first-order valence-electron chi connectivity index (χ1n) is 13.4. The number of anilines is 1. The number of nitrogens with one attached hydrogen (secondary N) is 2. The number of fused-ring (bicyclic) bond motifs is 1. The average molecular weight is 546 g/mol. The maximum Gasteiger partial charge on any atom is 0.408 e. The highest BCUT2D eigenvalue weighted by molar-refractivity contribution is 6.00. The van der Waals surface area contributed by atoms with Gasteiger partial charge in [-0.15, -0.1) is 6.58 Å². The van der Waals surface area contributed by atoms with Gasteiger partial charge >= 0.3 is 6.09 Å². The zero-order valence-electron chi connectivity index (χ0n) is 23.8. The minimum Gasteiger partial charge on any atom is -0.508 e. The third kappa shape index (κ3) is 7.85. The standard InChI is InChI=1S/C32H39N3O5/c1-7-19-35(30(38)27(21(3)8-2)34-31(39)40-32(4,5)6)28(23-14-17-26(36)18-15-23)29(37)33-25-16-13-22-11-9-10-12-24(22)20-25/h7,9-18,20-21,27-28,36H,1,8,19H2,2-6H3,(H,33,37)(H,34,39). The highest BCUT2D eigenvalue weighted by atomic mass is 16.6. The van der Waals surface area contributed by atoms with E-state index in [1.807, 2.05) is 50.2 Å². The number of carbonyl (C=O) groups is 3. The first kappa shape index (κ1) is 30.2. The number of ether oxygens (including phenoxy) is 1. The van der Waals surface area contributed by atoms with Crippen molar-refractivity contribution in [3.05, 3.63) is 84.9 Å². The minimum atomic E-state index is -1.08. The summed E-state index contributed by atoms with van der Waals surface area (Å²) in [5.41, 5.74) is 0.317. The third-order valence-electron chi connectivity index (χ3n) is 6.55. The van der Waals surface area contributed by atoms with Gasteiger partial charge in [0, 0.05) is 12.2 Å². The van der Waals surface area contributed by atoms with Gasteiger partial charge < -0.3 is 25.4 Å². The fourth-order valence-electron chi connectivity index (χ4n) is 4.37. The van der Waals surface area contributed by atoms with Crippen LogP contribution in [-0.4, -0.2) is 46.1 Å². The molecule has 0 radical (unpaired) electrons. The van der Waals surface area contributed by atoms with Crippen molar-refractivity contribution in [2.75, 3.05) is 11.9 Å². The van der Waals surface area contributed by atoms with Crippen LogP contribution >= 0.6 is 0 Å². The second-order valence-electron chi connectivity index (χ2n) is 10.8. The number of aromatic hydroxyl groups is 1. The molecule has 8 nitrogen and oxygen atoms in total. The summed E-state index contributed by atoms with van der Waals surface area (Å²) < 4.78 is 5.42. The van der Waals surface area contributed by atoms with Crippen molar-refractivity contribution in [2.24, 2.45) is 5.92 Å². The Bertz CT molecular complexity index is 1350. The maximum atomic E-state index is 14.1. The summed E-state index contributed by atoms with van der Waals surface area (Å²) in [5.74, 6) is -1.12. The quantitative estimate of drug-likeness (QED) is 0.264. The number of phenols is 1. The van der Waals surface area contributed by atoms with Crippen LogP contribution in [0.15, 0.2) is 79.4 Å². The Morgan fingerprint density at radius 3 is 2.27 bits per heavy atom. The van der Waals surface area contributed by atoms with Crippen LogP contribution in [0, 0.1) is 5.92 Å². The van der Waals surface area contributed by atoms with Gasteiger partial charge in [0.25, 0.3) is 5.91 Å². The Morgan fingerprint density at radius 1 is 1.02 bits per heavy atom. The topological polar surface area (TPSA) is 108 Å². The zero-order chi connectivity index (χ0) is 29.4. The second kappa shape index (κ2) is 13.2. The predicted molar refractivity (Wildman–Crippen MR) is 158 cm³/mol. The Morgan fingerprint density at radius 2 is 1.68 bits per heavy atom. The normalized spacial score (nSPS) is 13.5. The molecule has 3 aromatic rings. The molecule has 0 spiro atoms. The van der Waals surface area contributed by atoms with E-state index >= 15 is 0 Å². The molecule has 8 heteroatoms. The molecule has 0 fully saturated rings. The smallest absolute Gasteiger partial charge is 0.408 e. The summed E-state index contributed by atoms with van der Waals surface area (Å²) in [6.07, 6.45) is 1.42. The van der Waals surface area contributed by atoms with Crippen molar-refractivity contribution in [1.29, 1.82) is 0 Å². The number of benzene rings is 3. The van der Waals surface area contributed by atoms with Gasteiger partial charge in [0.2, 0.25) is 5.91 Å². The molecule has 0 aliphatic rings. The van der Waals surface area contributed by atoms with Crippen molar-refractivity contribution in [2.45, 2.75) is 58.7 Å². The Labute approximate surface area is 236 Å². The van der Waals surface area contributed by atoms with E-state index < -0.39 is 35.6 Å². The van der Waals surface area contributed by atoms with Crippen molar-refractivity contribution < 1.29 is 24.2 Å². The van der Waals surface area contributed by atoms with Crippen LogP contribution in [0.1, 0.15) is 52.6 Å². The number of nitrogens with zero attached hydrogens (tertiary/aromatic N) is 1. The van der Waals surface area contributed by atoms with Gasteiger partial charge in [-0.3, -0.25) is 9.59 Å². The molecule has 0 aliphatic heterocycles. The first-order chi connectivity index (χ1) is 18.9. The van der Waals surface area contributed by atoms with E-state index in [2.05, 4.69) is 17.2 Å². The summed E-state index contributed by atoms with van der Waals surface area (Å²) in [7, 11) is 0. The summed E-state index contributed by atoms with van der Waals surface area (Å²) in [6.45, 7) is 12.9. The van der Waals surface area contributed by atoms with Gasteiger partial charge in [-0.2, -0.15) is 0 Å². The molecule has 3 atom stereocenters. The van der Waals surface area contributed by atoms with Crippen molar-refractivity contribution in [1.82, 2.24) is 10.2 Å². The molecule has 3 N–H and O–H groups in total. The highest BCUT2D eigenvalue weighted by Gasteiger charge is 2.37. The molecular formula is C32H39N3O5. The van der Waals surface area contributed by atoms with Gasteiger partial charge in [-0.1, -0.05) is 68.8 Å².